The summed E-state index contributed by atoms with van der Waals surface area (Å²) < 4.78 is 1.94. The number of benzene rings is 1. The van der Waals surface area contributed by atoms with Gasteiger partial charge in [0.05, 0.1) is 6.54 Å². The van der Waals surface area contributed by atoms with Crippen molar-refractivity contribution in [3.63, 3.8) is 0 Å². The highest BCUT2D eigenvalue weighted by atomic mass is 15.3. The summed E-state index contributed by atoms with van der Waals surface area (Å²) in [5.74, 6) is 0.955. The molecule has 0 aliphatic carbocycles. The molecule has 0 amide bonds. The van der Waals surface area contributed by atoms with Crippen molar-refractivity contribution in [2.75, 3.05) is 0 Å². The van der Waals surface area contributed by atoms with Crippen LogP contribution in [0, 0.1) is 0 Å². The SMILES string of the molecule is CCCCc1ccc(C(C)NCc2nncn2C)cc1. The van der Waals surface area contributed by atoms with E-state index in [0.717, 1.165) is 12.4 Å². The summed E-state index contributed by atoms with van der Waals surface area (Å²) in [7, 11) is 1.96. The van der Waals surface area contributed by atoms with Crippen molar-refractivity contribution in [2.24, 2.45) is 7.05 Å². The average molecular weight is 272 g/mol. The molecule has 0 saturated carbocycles. The Kier molecular flexibility index (Phi) is 5.30. The molecule has 0 bridgehead atoms. The normalized spacial score (nSPS) is 12.6. The second-order valence-corrected chi connectivity index (χ2v) is 5.31. The van der Waals surface area contributed by atoms with Crippen LogP contribution in [0.15, 0.2) is 30.6 Å². The third-order valence-corrected chi connectivity index (χ3v) is 3.67. The Labute approximate surface area is 121 Å². The van der Waals surface area contributed by atoms with E-state index >= 15 is 0 Å². The summed E-state index contributed by atoms with van der Waals surface area (Å²) >= 11 is 0. The van der Waals surface area contributed by atoms with Crippen molar-refractivity contribution < 1.29 is 0 Å². The Bertz CT molecular complexity index is 516. The van der Waals surface area contributed by atoms with Crippen LogP contribution in [-0.2, 0) is 20.0 Å². The molecule has 2 rings (SSSR count). The van der Waals surface area contributed by atoms with Gasteiger partial charge in [0.2, 0.25) is 0 Å². The number of nitrogens with zero attached hydrogens (tertiary/aromatic N) is 3. The van der Waals surface area contributed by atoms with E-state index in [1.165, 1.54) is 30.4 Å². The molecule has 0 fully saturated rings. The summed E-state index contributed by atoms with van der Waals surface area (Å²) in [5.41, 5.74) is 2.74. The first-order chi connectivity index (χ1) is 9.70. The lowest BCUT2D eigenvalue weighted by Crippen LogP contribution is -2.20. The van der Waals surface area contributed by atoms with E-state index in [-0.39, 0.29) is 0 Å². The molecule has 0 spiro atoms. The second-order valence-electron chi connectivity index (χ2n) is 5.31. The molecule has 108 valence electrons. The number of aromatic nitrogens is 3. The number of hydrogen-bond donors (Lipinski definition) is 1. The maximum absolute atomic E-state index is 4.08. The molecule has 0 aliphatic heterocycles. The van der Waals surface area contributed by atoms with Crippen molar-refractivity contribution in [2.45, 2.75) is 45.7 Å². The van der Waals surface area contributed by atoms with Crippen LogP contribution in [0.3, 0.4) is 0 Å². The molecule has 2 aromatic rings. The molecule has 4 nitrogen and oxygen atoms in total. The van der Waals surface area contributed by atoms with E-state index in [1.807, 2.05) is 11.6 Å². The quantitative estimate of drug-likeness (QED) is 0.842. The minimum atomic E-state index is 0.312. The minimum Gasteiger partial charge on any atom is -0.320 e. The monoisotopic (exact) mass is 272 g/mol. The first-order valence-electron chi connectivity index (χ1n) is 7.35. The van der Waals surface area contributed by atoms with E-state index in [4.69, 9.17) is 0 Å². The Balaban J connectivity index is 1.88. The minimum absolute atomic E-state index is 0.312. The molecule has 1 atom stereocenters. The van der Waals surface area contributed by atoms with Crippen molar-refractivity contribution >= 4 is 0 Å². The van der Waals surface area contributed by atoms with E-state index in [0.29, 0.717) is 6.04 Å². The second kappa shape index (κ2) is 7.20. The van der Waals surface area contributed by atoms with Crippen molar-refractivity contribution in [1.29, 1.82) is 0 Å². The maximum Gasteiger partial charge on any atom is 0.146 e. The summed E-state index contributed by atoms with van der Waals surface area (Å²) in [5, 5.41) is 11.4. The van der Waals surface area contributed by atoms with Gasteiger partial charge in [-0.05, 0) is 30.9 Å². The van der Waals surface area contributed by atoms with E-state index in [1.54, 1.807) is 6.33 Å². The van der Waals surface area contributed by atoms with Gasteiger partial charge in [0.15, 0.2) is 0 Å². The van der Waals surface area contributed by atoms with Crippen molar-refractivity contribution in [3.8, 4) is 0 Å². The van der Waals surface area contributed by atoms with Gasteiger partial charge in [-0.1, -0.05) is 37.6 Å². The topological polar surface area (TPSA) is 42.7 Å². The largest absolute Gasteiger partial charge is 0.320 e. The first kappa shape index (κ1) is 14.7. The fourth-order valence-electron chi connectivity index (χ4n) is 2.18. The molecule has 1 N–H and O–H groups in total. The lowest BCUT2D eigenvalue weighted by Gasteiger charge is -2.14. The molecular formula is C16H24N4. The molecule has 0 aliphatic rings. The molecular weight excluding hydrogens is 248 g/mol. The van der Waals surface area contributed by atoms with Gasteiger partial charge in [-0.15, -0.1) is 10.2 Å². The zero-order chi connectivity index (χ0) is 14.4. The van der Waals surface area contributed by atoms with Gasteiger partial charge in [0, 0.05) is 13.1 Å². The molecule has 0 saturated heterocycles. The van der Waals surface area contributed by atoms with Gasteiger partial charge in [-0.25, -0.2) is 0 Å². The van der Waals surface area contributed by atoms with Gasteiger partial charge in [-0.2, -0.15) is 0 Å². The van der Waals surface area contributed by atoms with Crippen LogP contribution in [0.4, 0.5) is 0 Å². The summed E-state index contributed by atoms with van der Waals surface area (Å²) in [6.45, 7) is 5.14. The van der Waals surface area contributed by atoms with E-state index in [9.17, 15) is 0 Å². The number of nitrogens with one attached hydrogen (secondary N) is 1. The average Bonchev–Trinajstić information content (AvgIpc) is 2.88. The number of hydrogen-bond acceptors (Lipinski definition) is 3. The molecule has 4 heteroatoms. The molecule has 1 unspecified atom stereocenters. The zero-order valence-corrected chi connectivity index (χ0v) is 12.6. The fraction of sp³-hybridized carbons (Fsp3) is 0.500. The molecule has 1 aromatic heterocycles. The highest BCUT2D eigenvalue weighted by Gasteiger charge is 2.07. The predicted octanol–water partition coefficient (Wildman–Crippen LogP) is 3.01. The van der Waals surface area contributed by atoms with Crippen LogP contribution < -0.4 is 5.32 Å². The Morgan fingerprint density at radius 3 is 2.60 bits per heavy atom. The lowest BCUT2D eigenvalue weighted by molar-refractivity contribution is 0.548. The van der Waals surface area contributed by atoms with Crippen LogP contribution in [0.5, 0.6) is 0 Å². The standard InChI is InChI=1S/C16H24N4/c1-4-5-6-14-7-9-15(10-8-14)13(2)17-11-16-19-18-12-20(16)3/h7-10,12-13,17H,4-6,11H2,1-3H3. The summed E-state index contributed by atoms with van der Waals surface area (Å²) in [6.07, 6.45) is 5.42. The van der Waals surface area contributed by atoms with Crippen LogP contribution in [0.1, 0.15) is 49.7 Å². The molecule has 20 heavy (non-hydrogen) atoms. The summed E-state index contributed by atoms with van der Waals surface area (Å²) in [6, 6.07) is 9.24. The smallest absolute Gasteiger partial charge is 0.146 e. The van der Waals surface area contributed by atoms with Crippen LogP contribution in [-0.4, -0.2) is 14.8 Å². The molecule has 0 radical (unpaired) electrons. The highest BCUT2D eigenvalue weighted by molar-refractivity contribution is 5.24. The third-order valence-electron chi connectivity index (χ3n) is 3.67. The van der Waals surface area contributed by atoms with E-state index in [2.05, 4.69) is 53.6 Å². The zero-order valence-electron chi connectivity index (χ0n) is 12.6. The Hall–Kier alpha value is -1.68. The van der Waals surface area contributed by atoms with Crippen LogP contribution >= 0.6 is 0 Å². The first-order valence-corrected chi connectivity index (χ1v) is 7.35. The molecule has 1 heterocycles. The number of aryl methyl sites for hydroxylation is 2. The van der Waals surface area contributed by atoms with Crippen molar-refractivity contribution in [3.05, 3.63) is 47.5 Å². The number of unbranched alkanes of at least 4 members (excludes halogenated alkanes) is 1. The number of rotatable bonds is 7. The lowest BCUT2D eigenvalue weighted by atomic mass is 10.0. The third kappa shape index (κ3) is 3.90. The van der Waals surface area contributed by atoms with E-state index < -0.39 is 0 Å². The highest BCUT2D eigenvalue weighted by Crippen LogP contribution is 2.15. The summed E-state index contributed by atoms with van der Waals surface area (Å²) in [4.78, 5) is 0. The van der Waals surface area contributed by atoms with Gasteiger partial charge in [-0.3, -0.25) is 0 Å². The molecule has 1 aromatic carbocycles. The van der Waals surface area contributed by atoms with Crippen LogP contribution in [0.25, 0.3) is 0 Å². The van der Waals surface area contributed by atoms with Crippen molar-refractivity contribution in [1.82, 2.24) is 20.1 Å². The maximum atomic E-state index is 4.08. The van der Waals surface area contributed by atoms with Crippen LogP contribution in [0.2, 0.25) is 0 Å². The predicted molar refractivity (Wildman–Crippen MR) is 81.3 cm³/mol. The van der Waals surface area contributed by atoms with Gasteiger partial charge in [0.1, 0.15) is 12.2 Å². The van der Waals surface area contributed by atoms with Gasteiger partial charge < -0.3 is 9.88 Å². The van der Waals surface area contributed by atoms with Gasteiger partial charge in [0.25, 0.3) is 0 Å². The van der Waals surface area contributed by atoms with Gasteiger partial charge >= 0.3 is 0 Å². The Morgan fingerprint density at radius 2 is 2.00 bits per heavy atom. The Morgan fingerprint density at radius 1 is 1.25 bits per heavy atom. The fourth-order valence-corrected chi connectivity index (χ4v) is 2.18.